The second-order valence-electron chi connectivity index (χ2n) is 5.20. The SMILES string of the molecule is CCCn1ncc(CN2CCN(S(N)(=O)=O)CC2)c1C. The summed E-state index contributed by atoms with van der Waals surface area (Å²) >= 11 is 0. The van der Waals surface area contributed by atoms with Crippen LogP contribution >= 0.6 is 0 Å². The Labute approximate surface area is 120 Å². The quantitative estimate of drug-likeness (QED) is 0.824. The lowest BCUT2D eigenvalue weighted by molar-refractivity contribution is 0.181. The fraction of sp³-hybridized carbons (Fsp3) is 0.750. The number of hydrogen-bond acceptors (Lipinski definition) is 4. The first-order valence-electron chi connectivity index (χ1n) is 6.93. The Kier molecular flexibility index (Phi) is 4.79. The summed E-state index contributed by atoms with van der Waals surface area (Å²) in [5, 5.41) is 9.52. The predicted octanol–water partition coefficient (Wildman–Crippen LogP) is -0.0774. The van der Waals surface area contributed by atoms with Crippen LogP contribution in [0.15, 0.2) is 6.20 Å². The van der Waals surface area contributed by atoms with Crippen molar-refractivity contribution in [1.82, 2.24) is 19.0 Å². The molecule has 0 saturated carbocycles. The molecule has 0 unspecified atom stereocenters. The summed E-state index contributed by atoms with van der Waals surface area (Å²) in [6, 6.07) is 0. The van der Waals surface area contributed by atoms with E-state index in [-0.39, 0.29) is 0 Å². The Morgan fingerprint density at radius 2 is 1.95 bits per heavy atom. The van der Waals surface area contributed by atoms with Crippen LogP contribution in [-0.2, 0) is 23.3 Å². The molecule has 0 aromatic carbocycles. The van der Waals surface area contributed by atoms with Gasteiger partial charge in [-0.15, -0.1) is 0 Å². The molecule has 2 heterocycles. The third-order valence-corrected chi connectivity index (χ3v) is 4.81. The zero-order valence-electron chi connectivity index (χ0n) is 12.1. The second-order valence-corrected chi connectivity index (χ2v) is 6.74. The van der Waals surface area contributed by atoms with Crippen molar-refractivity contribution in [2.24, 2.45) is 5.14 Å². The van der Waals surface area contributed by atoms with Crippen LogP contribution in [0.3, 0.4) is 0 Å². The summed E-state index contributed by atoms with van der Waals surface area (Å²) in [6.45, 7) is 8.29. The fourth-order valence-corrected chi connectivity index (χ4v) is 3.13. The Balaban J connectivity index is 1.93. The molecule has 1 aliphatic rings. The molecular formula is C12H23N5O2S. The molecule has 7 nitrogen and oxygen atoms in total. The van der Waals surface area contributed by atoms with E-state index in [0.717, 1.165) is 19.5 Å². The van der Waals surface area contributed by atoms with E-state index in [0.29, 0.717) is 26.2 Å². The third kappa shape index (κ3) is 3.57. The highest BCUT2D eigenvalue weighted by Crippen LogP contribution is 2.13. The molecule has 114 valence electrons. The van der Waals surface area contributed by atoms with E-state index in [1.54, 1.807) is 0 Å². The van der Waals surface area contributed by atoms with Crippen molar-refractivity contribution in [1.29, 1.82) is 0 Å². The van der Waals surface area contributed by atoms with Crippen molar-refractivity contribution in [3.8, 4) is 0 Å². The lowest BCUT2D eigenvalue weighted by atomic mass is 10.2. The first-order valence-corrected chi connectivity index (χ1v) is 8.43. The van der Waals surface area contributed by atoms with E-state index in [2.05, 4.69) is 23.8 Å². The van der Waals surface area contributed by atoms with Gasteiger partial charge in [0, 0.05) is 50.5 Å². The zero-order chi connectivity index (χ0) is 14.8. The minimum Gasteiger partial charge on any atom is -0.296 e. The monoisotopic (exact) mass is 301 g/mol. The van der Waals surface area contributed by atoms with Gasteiger partial charge < -0.3 is 0 Å². The summed E-state index contributed by atoms with van der Waals surface area (Å²) in [4.78, 5) is 2.24. The van der Waals surface area contributed by atoms with Crippen molar-refractivity contribution < 1.29 is 8.42 Å². The summed E-state index contributed by atoms with van der Waals surface area (Å²) in [5.74, 6) is 0. The van der Waals surface area contributed by atoms with Gasteiger partial charge in [-0.2, -0.15) is 17.8 Å². The molecule has 0 atom stereocenters. The van der Waals surface area contributed by atoms with Gasteiger partial charge in [-0.3, -0.25) is 9.58 Å². The Bertz CT molecular complexity index is 546. The smallest absolute Gasteiger partial charge is 0.276 e. The molecule has 20 heavy (non-hydrogen) atoms. The molecule has 2 N–H and O–H groups in total. The molecule has 0 bridgehead atoms. The van der Waals surface area contributed by atoms with Crippen LogP contribution in [0.25, 0.3) is 0 Å². The Hall–Kier alpha value is -0.960. The van der Waals surface area contributed by atoms with Crippen LogP contribution in [0, 0.1) is 6.92 Å². The number of hydrogen-bond donors (Lipinski definition) is 1. The lowest BCUT2D eigenvalue weighted by Gasteiger charge is -2.32. The van der Waals surface area contributed by atoms with Crippen molar-refractivity contribution >= 4 is 10.2 Å². The average molecular weight is 301 g/mol. The molecule has 1 aromatic heterocycles. The van der Waals surface area contributed by atoms with Crippen LogP contribution in [0.4, 0.5) is 0 Å². The maximum Gasteiger partial charge on any atom is 0.276 e. The number of aryl methyl sites for hydroxylation is 1. The van der Waals surface area contributed by atoms with Gasteiger partial charge in [-0.25, -0.2) is 5.14 Å². The van der Waals surface area contributed by atoms with Gasteiger partial charge in [0.2, 0.25) is 0 Å². The van der Waals surface area contributed by atoms with Crippen LogP contribution in [0.5, 0.6) is 0 Å². The van der Waals surface area contributed by atoms with Crippen molar-refractivity contribution in [2.75, 3.05) is 26.2 Å². The minimum atomic E-state index is -3.54. The van der Waals surface area contributed by atoms with Crippen molar-refractivity contribution in [3.05, 3.63) is 17.5 Å². The molecule has 8 heteroatoms. The summed E-state index contributed by atoms with van der Waals surface area (Å²) in [5.41, 5.74) is 2.41. The van der Waals surface area contributed by atoms with Gasteiger partial charge in [-0.1, -0.05) is 6.92 Å². The number of piperazine rings is 1. The number of nitrogens with zero attached hydrogens (tertiary/aromatic N) is 4. The maximum absolute atomic E-state index is 11.3. The molecule has 1 saturated heterocycles. The molecular weight excluding hydrogens is 278 g/mol. The van der Waals surface area contributed by atoms with E-state index in [1.807, 2.05) is 10.9 Å². The largest absolute Gasteiger partial charge is 0.296 e. The highest BCUT2D eigenvalue weighted by Gasteiger charge is 2.24. The number of aromatic nitrogens is 2. The highest BCUT2D eigenvalue weighted by molar-refractivity contribution is 7.86. The summed E-state index contributed by atoms with van der Waals surface area (Å²) in [6.07, 6.45) is 2.98. The average Bonchev–Trinajstić information content (AvgIpc) is 2.72. The molecule has 0 amide bonds. The van der Waals surface area contributed by atoms with Crippen LogP contribution in [0.2, 0.25) is 0 Å². The van der Waals surface area contributed by atoms with Gasteiger partial charge in [0.05, 0.1) is 6.20 Å². The maximum atomic E-state index is 11.3. The van der Waals surface area contributed by atoms with Gasteiger partial charge in [0.15, 0.2) is 0 Å². The summed E-state index contributed by atoms with van der Waals surface area (Å²) in [7, 11) is -3.54. The van der Waals surface area contributed by atoms with Gasteiger partial charge in [0.1, 0.15) is 0 Å². The molecule has 1 fully saturated rings. The zero-order valence-corrected chi connectivity index (χ0v) is 12.9. The van der Waals surface area contributed by atoms with Crippen LogP contribution < -0.4 is 5.14 Å². The Morgan fingerprint density at radius 3 is 2.50 bits per heavy atom. The van der Waals surface area contributed by atoms with Crippen molar-refractivity contribution in [2.45, 2.75) is 33.4 Å². The highest BCUT2D eigenvalue weighted by atomic mass is 32.2. The molecule has 0 spiro atoms. The van der Waals surface area contributed by atoms with Gasteiger partial charge >= 0.3 is 0 Å². The van der Waals surface area contributed by atoms with E-state index in [4.69, 9.17) is 5.14 Å². The molecule has 0 aliphatic carbocycles. The van der Waals surface area contributed by atoms with E-state index >= 15 is 0 Å². The molecule has 2 rings (SSSR count). The standard InChI is InChI=1S/C12H23N5O2S/c1-3-4-17-11(2)12(9-14-17)10-15-5-7-16(8-6-15)20(13,18)19/h9H,3-8,10H2,1-2H3,(H2,13,18,19). The second kappa shape index (κ2) is 6.21. The number of nitrogens with two attached hydrogens (primary N) is 1. The topological polar surface area (TPSA) is 84.5 Å². The minimum absolute atomic E-state index is 0.459. The predicted molar refractivity (Wildman–Crippen MR) is 77.2 cm³/mol. The first-order chi connectivity index (χ1) is 9.41. The van der Waals surface area contributed by atoms with E-state index < -0.39 is 10.2 Å². The molecule has 1 aliphatic heterocycles. The third-order valence-electron chi connectivity index (χ3n) is 3.73. The van der Waals surface area contributed by atoms with Gasteiger partial charge in [-0.05, 0) is 13.3 Å². The lowest BCUT2D eigenvalue weighted by Crippen LogP contribution is -2.50. The van der Waals surface area contributed by atoms with Crippen LogP contribution in [0.1, 0.15) is 24.6 Å². The number of rotatable bonds is 5. The van der Waals surface area contributed by atoms with Gasteiger partial charge in [0.25, 0.3) is 10.2 Å². The summed E-state index contributed by atoms with van der Waals surface area (Å²) < 4.78 is 25.9. The Morgan fingerprint density at radius 1 is 1.30 bits per heavy atom. The van der Waals surface area contributed by atoms with E-state index in [1.165, 1.54) is 15.6 Å². The van der Waals surface area contributed by atoms with E-state index in [9.17, 15) is 8.42 Å². The normalized spacial score (nSPS) is 18.6. The fourth-order valence-electron chi connectivity index (χ4n) is 2.46. The first kappa shape index (κ1) is 15.4. The molecule has 0 radical (unpaired) electrons. The van der Waals surface area contributed by atoms with Crippen LogP contribution in [-0.4, -0.2) is 53.6 Å². The molecule has 1 aromatic rings. The van der Waals surface area contributed by atoms with Crippen molar-refractivity contribution in [3.63, 3.8) is 0 Å².